The van der Waals surface area contributed by atoms with Crippen LogP contribution in [0.25, 0.3) is 0 Å². The highest BCUT2D eigenvalue weighted by molar-refractivity contribution is 5.76. The maximum Gasteiger partial charge on any atom is 0.223 e. The van der Waals surface area contributed by atoms with Crippen LogP contribution in [0.1, 0.15) is 26.2 Å². The van der Waals surface area contributed by atoms with E-state index in [1.807, 2.05) is 11.8 Å². The summed E-state index contributed by atoms with van der Waals surface area (Å²) in [6, 6.07) is 0. The highest BCUT2D eigenvalue weighted by Gasteiger charge is 2.33. The minimum atomic E-state index is -0.208. The minimum absolute atomic E-state index is 0.0143. The number of ether oxygens (including phenoxy) is 2. The molecule has 0 spiro atoms. The first kappa shape index (κ1) is 13.8. The average Bonchev–Trinajstić information content (AvgIpc) is 2.36. The molecule has 1 aliphatic carbocycles. The van der Waals surface area contributed by atoms with E-state index in [1.165, 1.54) is 0 Å². The molecule has 2 fully saturated rings. The number of hydrogen-bond donors (Lipinski definition) is 1. The van der Waals surface area contributed by atoms with E-state index in [2.05, 4.69) is 0 Å². The lowest BCUT2D eigenvalue weighted by Crippen LogP contribution is -2.48. The number of aliphatic hydroxyl groups excluding tert-OH is 1. The summed E-state index contributed by atoms with van der Waals surface area (Å²) in [5.74, 6) is 0.668. The Balaban J connectivity index is 1.69. The Morgan fingerprint density at radius 2 is 2.28 bits per heavy atom. The van der Waals surface area contributed by atoms with Crippen LogP contribution in [0, 0.1) is 5.92 Å². The van der Waals surface area contributed by atoms with Crippen LogP contribution < -0.4 is 0 Å². The molecule has 5 nitrogen and oxygen atoms in total. The van der Waals surface area contributed by atoms with Crippen molar-refractivity contribution >= 4 is 5.91 Å². The molecular formula is C13H23NO4. The Kier molecular flexibility index (Phi) is 4.97. The molecule has 5 heteroatoms. The largest absolute Gasteiger partial charge is 0.394 e. The fraction of sp³-hybridized carbons (Fsp3) is 0.923. The first-order valence-corrected chi connectivity index (χ1v) is 6.84. The number of amides is 1. The molecule has 0 aromatic heterocycles. The van der Waals surface area contributed by atoms with Crippen molar-refractivity contribution in [3.05, 3.63) is 0 Å². The smallest absolute Gasteiger partial charge is 0.223 e. The molecule has 104 valence electrons. The Morgan fingerprint density at radius 1 is 1.50 bits per heavy atom. The fourth-order valence-electron chi connectivity index (χ4n) is 2.65. The number of nitrogens with zero attached hydrogens (tertiary/aromatic N) is 1. The van der Waals surface area contributed by atoms with Gasteiger partial charge in [-0.3, -0.25) is 4.79 Å². The third-order valence-electron chi connectivity index (χ3n) is 3.75. The lowest BCUT2D eigenvalue weighted by molar-refractivity contribution is -0.143. The van der Waals surface area contributed by atoms with Gasteiger partial charge in [0.15, 0.2) is 0 Å². The lowest BCUT2D eigenvalue weighted by Gasteiger charge is -2.37. The second-order valence-electron chi connectivity index (χ2n) is 5.13. The standard InChI is InChI=1S/C13H23NO4/c1-2-17-11-5-10(6-11)7-13(16)14-3-4-18-12(8-14)9-15/h10-12,15H,2-9H2,1H3. The van der Waals surface area contributed by atoms with Crippen LogP contribution in [-0.2, 0) is 14.3 Å². The normalized spacial score (nSPS) is 32.1. The van der Waals surface area contributed by atoms with E-state index in [0.29, 0.717) is 38.1 Å². The van der Waals surface area contributed by atoms with Gasteiger partial charge in [0.05, 0.1) is 25.4 Å². The molecule has 2 aliphatic rings. The molecule has 18 heavy (non-hydrogen) atoms. The summed E-state index contributed by atoms with van der Waals surface area (Å²) in [6.07, 6.45) is 2.78. The zero-order chi connectivity index (χ0) is 13.0. The van der Waals surface area contributed by atoms with E-state index in [0.717, 1.165) is 19.4 Å². The molecule has 1 aliphatic heterocycles. The minimum Gasteiger partial charge on any atom is -0.394 e. The van der Waals surface area contributed by atoms with E-state index >= 15 is 0 Å². The third kappa shape index (κ3) is 3.43. The van der Waals surface area contributed by atoms with Crippen LogP contribution in [0.4, 0.5) is 0 Å². The summed E-state index contributed by atoms with van der Waals surface area (Å²) in [4.78, 5) is 13.9. The van der Waals surface area contributed by atoms with Crippen molar-refractivity contribution in [2.45, 2.75) is 38.4 Å². The van der Waals surface area contributed by atoms with Crippen molar-refractivity contribution in [1.82, 2.24) is 4.90 Å². The quantitative estimate of drug-likeness (QED) is 0.775. The fourth-order valence-corrected chi connectivity index (χ4v) is 2.65. The lowest BCUT2D eigenvalue weighted by atomic mass is 9.79. The van der Waals surface area contributed by atoms with Crippen molar-refractivity contribution in [1.29, 1.82) is 0 Å². The second kappa shape index (κ2) is 6.50. The van der Waals surface area contributed by atoms with Gasteiger partial charge >= 0.3 is 0 Å². The maximum absolute atomic E-state index is 12.1. The monoisotopic (exact) mass is 257 g/mol. The van der Waals surface area contributed by atoms with Crippen molar-refractivity contribution in [2.75, 3.05) is 32.9 Å². The van der Waals surface area contributed by atoms with Crippen molar-refractivity contribution in [2.24, 2.45) is 5.92 Å². The van der Waals surface area contributed by atoms with Crippen molar-refractivity contribution < 1.29 is 19.4 Å². The molecule has 0 aromatic carbocycles. The molecular weight excluding hydrogens is 234 g/mol. The molecule has 2 rings (SSSR count). The van der Waals surface area contributed by atoms with Gasteiger partial charge in [-0.15, -0.1) is 0 Å². The summed E-state index contributed by atoms with van der Waals surface area (Å²) < 4.78 is 10.8. The molecule has 1 heterocycles. The van der Waals surface area contributed by atoms with Crippen LogP contribution in [0.2, 0.25) is 0 Å². The zero-order valence-corrected chi connectivity index (χ0v) is 11.0. The summed E-state index contributed by atoms with van der Waals surface area (Å²) in [5, 5.41) is 9.04. The van der Waals surface area contributed by atoms with Crippen molar-refractivity contribution in [3.63, 3.8) is 0 Å². The molecule has 0 bridgehead atoms. The molecule has 1 unspecified atom stereocenters. The summed E-state index contributed by atoms with van der Waals surface area (Å²) in [7, 11) is 0. The Labute approximate surface area is 108 Å². The molecule has 1 atom stereocenters. The Bertz CT molecular complexity index is 278. The highest BCUT2D eigenvalue weighted by Crippen LogP contribution is 2.33. The van der Waals surface area contributed by atoms with Gasteiger partial charge in [0.2, 0.25) is 5.91 Å². The summed E-state index contributed by atoms with van der Waals surface area (Å²) in [6.45, 7) is 4.45. The Morgan fingerprint density at radius 3 is 2.94 bits per heavy atom. The van der Waals surface area contributed by atoms with Gasteiger partial charge in [-0.05, 0) is 25.7 Å². The van der Waals surface area contributed by atoms with Gasteiger partial charge in [-0.2, -0.15) is 0 Å². The van der Waals surface area contributed by atoms with E-state index in [1.54, 1.807) is 0 Å². The van der Waals surface area contributed by atoms with E-state index < -0.39 is 0 Å². The van der Waals surface area contributed by atoms with E-state index in [4.69, 9.17) is 14.6 Å². The van der Waals surface area contributed by atoms with Gasteiger partial charge in [-0.1, -0.05) is 0 Å². The van der Waals surface area contributed by atoms with Crippen LogP contribution in [0.15, 0.2) is 0 Å². The van der Waals surface area contributed by atoms with Gasteiger partial charge in [-0.25, -0.2) is 0 Å². The highest BCUT2D eigenvalue weighted by atomic mass is 16.5. The van der Waals surface area contributed by atoms with Crippen LogP contribution in [0.5, 0.6) is 0 Å². The van der Waals surface area contributed by atoms with Crippen LogP contribution in [0.3, 0.4) is 0 Å². The maximum atomic E-state index is 12.1. The zero-order valence-electron chi connectivity index (χ0n) is 11.0. The van der Waals surface area contributed by atoms with Crippen LogP contribution >= 0.6 is 0 Å². The number of morpholine rings is 1. The van der Waals surface area contributed by atoms with Crippen molar-refractivity contribution in [3.8, 4) is 0 Å². The van der Waals surface area contributed by atoms with E-state index in [-0.39, 0.29) is 18.6 Å². The first-order chi connectivity index (χ1) is 8.72. The number of hydrogen-bond acceptors (Lipinski definition) is 4. The first-order valence-electron chi connectivity index (χ1n) is 6.84. The topological polar surface area (TPSA) is 59.0 Å². The number of aliphatic hydroxyl groups is 1. The summed E-state index contributed by atoms with van der Waals surface area (Å²) >= 11 is 0. The average molecular weight is 257 g/mol. The molecule has 1 N–H and O–H groups in total. The second-order valence-corrected chi connectivity index (χ2v) is 5.13. The SMILES string of the molecule is CCOC1CC(CC(=O)N2CCOC(CO)C2)C1. The molecule has 0 aromatic rings. The van der Waals surface area contributed by atoms with Gasteiger partial charge in [0, 0.05) is 26.1 Å². The Hall–Kier alpha value is -0.650. The van der Waals surface area contributed by atoms with Gasteiger partial charge in [0.1, 0.15) is 0 Å². The number of carbonyl (C=O) groups excluding carboxylic acids is 1. The van der Waals surface area contributed by atoms with Gasteiger partial charge in [0.25, 0.3) is 0 Å². The van der Waals surface area contributed by atoms with Gasteiger partial charge < -0.3 is 19.5 Å². The summed E-state index contributed by atoms with van der Waals surface area (Å²) in [5.41, 5.74) is 0. The number of carbonyl (C=O) groups is 1. The molecule has 1 amide bonds. The molecule has 0 radical (unpaired) electrons. The predicted molar refractivity (Wildman–Crippen MR) is 66.2 cm³/mol. The molecule has 1 saturated carbocycles. The predicted octanol–water partition coefficient (Wildman–Crippen LogP) is 0.411. The third-order valence-corrected chi connectivity index (χ3v) is 3.75. The van der Waals surface area contributed by atoms with E-state index in [9.17, 15) is 4.79 Å². The molecule has 1 saturated heterocycles. The van der Waals surface area contributed by atoms with Crippen LogP contribution in [-0.4, -0.2) is 61.0 Å². The number of rotatable bonds is 5.